The van der Waals surface area contributed by atoms with Gasteiger partial charge < -0.3 is 9.13 Å². The first-order chi connectivity index (χ1) is 22.9. The van der Waals surface area contributed by atoms with Gasteiger partial charge in [-0.05, 0) is 75.8 Å². The average Bonchev–Trinajstić information content (AvgIpc) is 3.65. The molecule has 2 bridgehead atoms. The Labute approximate surface area is 266 Å². The van der Waals surface area contributed by atoms with Crippen molar-refractivity contribution in [1.29, 1.82) is 0 Å². The van der Waals surface area contributed by atoms with E-state index < -0.39 is 0 Å². The predicted molar refractivity (Wildman–Crippen MR) is 190 cm³/mol. The molecule has 2 nitrogen and oxygen atoms in total. The van der Waals surface area contributed by atoms with Gasteiger partial charge in [-0.3, -0.25) is 0 Å². The molecule has 0 spiro atoms. The molecule has 2 aromatic heterocycles. The highest BCUT2D eigenvalue weighted by molar-refractivity contribution is 6.17. The van der Waals surface area contributed by atoms with Crippen molar-refractivity contribution in [2.75, 3.05) is 0 Å². The van der Waals surface area contributed by atoms with Crippen molar-refractivity contribution < 1.29 is 0 Å². The molecule has 0 aliphatic heterocycles. The van der Waals surface area contributed by atoms with Crippen LogP contribution in [0.5, 0.6) is 0 Å². The van der Waals surface area contributed by atoms with E-state index in [-0.39, 0.29) is 11.8 Å². The number of benzene rings is 7. The normalized spacial score (nSPS) is 16.3. The van der Waals surface area contributed by atoms with Crippen LogP contribution in [-0.2, 0) is 0 Å². The van der Waals surface area contributed by atoms with Crippen LogP contribution in [0.4, 0.5) is 0 Å². The maximum Gasteiger partial charge on any atom is 0.0562 e. The summed E-state index contributed by atoms with van der Waals surface area (Å²) in [6.07, 6.45) is 0. The second kappa shape index (κ2) is 8.87. The van der Waals surface area contributed by atoms with Crippen LogP contribution >= 0.6 is 0 Å². The summed E-state index contributed by atoms with van der Waals surface area (Å²) in [5, 5.41) is 5.25. The lowest BCUT2D eigenvalue weighted by molar-refractivity contribution is 0.761. The molecule has 0 N–H and O–H groups in total. The molecule has 0 saturated carbocycles. The Morgan fingerprint density at radius 3 is 1.54 bits per heavy atom. The summed E-state index contributed by atoms with van der Waals surface area (Å²) in [6.45, 7) is 0. The lowest BCUT2D eigenvalue weighted by Crippen LogP contribution is -2.27. The van der Waals surface area contributed by atoms with E-state index >= 15 is 0 Å². The van der Waals surface area contributed by atoms with Crippen molar-refractivity contribution in [2.45, 2.75) is 11.8 Å². The number of fused-ring (bicyclic) bond motifs is 6. The van der Waals surface area contributed by atoms with E-state index in [1.54, 1.807) is 0 Å². The van der Waals surface area contributed by atoms with Gasteiger partial charge in [0.1, 0.15) is 0 Å². The molecule has 46 heavy (non-hydrogen) atoms. The molecule has 12 rings (SSSR count). The average molecular weight is 585 g/mol. The zero-order valence-electron chi connectivity index (χ0n) is 25.1. The van der Waals surface area contributed by atoms with Gasteiger partial charge in [0.25, 0.3) is 0 Å². The third kappa shape index (κ3) is 2.97. The Morgan fingerprint density at radius 1 is 0.326 bits per heavy atom. The molecule has 0 saturated heterocycles. The molecule has 0 unspecified atom stereocenters. The van der Waals surface area contributed by atoms with E-state index in [0.29, 0.717) is 0 Å². The van der Waals surface area contributed by atoms with E-state index in [0.717, 1.165) is 0 Å². The van der Waals surface area contributed by atoms with E-state index in [4.69, 9.17) is 0 Å². The minimum absolute atomic E-state index is 0.214. The number of aromatic nitrogens is 2. The largest absolute Gasteiger partial charge is 0.309 e. The van der Waals surface area contributed by atoms with E-state index in [1.165, 1.54) is 88.4 Å². The standard InChI is InChI=1S/C44H28N2/c1-2-13-27(14-3-1)45-35-21-10-8-19-32(35)42-37(45)23-12-24-38(42)46-36-22-11-9-20-33(36)43-39(46)26-25-34-40-28-15-4-6-17-30(28)41(44(34)43)31-18-7-5-16-29(31)40/h1-26,40-41H. The van der Waals surface area contributed by atoms with Crippen molar-refractivity contribution in [3.8, 4) is 11.4 Å². The molecule has 2 heteroatoms. The molecule has 3 aliphatic carbocycles. The number of hydrogen-bond donors (Lipinski definition) is 0. The quantitative estimate of drug-likeness (QED) is 0.191. The second-order valence-electron chi connectivity index (χ2n) is 12.8. The van der Waals surface area contributed by atoms with Gasteiger partial charge in [-0.15, -0.1) is 0 Å². The first kappa shape index (κ1) is 24.5. The van der Waals surface area contributed by atoms with Crippen LogP contribution < -0.4 is 0 Å². The third-order valence-electron chi connectivity index (χ3n) is 10.7. The first-order valence-electron chi connectivity index (χ1n) is 16.2. The van der Waals surface area contributed by atoms with Crippen molar-refractivity contribution in [1.82, 2.24) is 9.13 Å². The van der Waals surface area contributed by atoms with Crippen molar-refractivity contribution >= 4 is 43.6 Å². The molecule has 0 atom stereocenters. The van der Waals surface area contributed by atoms with Crippen molar-refractivity contribution in [3.63, 3.8) is 0 Å². The summed E-state index contributed by atoms with van der Waals surface area (Å²) < 4.78 is 4.95. The molecular weight excluding hydrogens is 556 g/mol. The van der Waals surface area contributed by atoms with E-state index in [2.05, 4.69) is 167 Å². The molecule has 9 aromatic rings. The van der Waals surface area contributed by atoms with Crippen LogP contribution in [0.2, 0.25) is 0 Å². The highest BCUT2D eigenvalue weighted by Gasteiger charge is 2.42. The Morgan fingerprint density at radius 2 is 0.848 bits per heavy atom. The Kier molecular flexibility index (Phi) is 4.71. The van der Waals surface area contributed by atoms with E-state index in [1.807, 2.05) is 0 Å². The van der Waals surface area contributed by atoms with Gasteiger partial charge in [0.2, 0.25) is 0 Å². The van der Waals surface area contributed by atoms with Crippen LogP contribution in [0.3, 0.4) is 0 Å². The van der Waals surface area contributed by atoms with Crippen LogP contribution in [0.1, 0.15) is 45.2 Å². The maximum atomic E-state index is 2.54. The Bertz CT molecular complexity index is 2660. The molecule has 7 aromatic carbocycles. The van der Waals surface area contributed by atoms with Gasteiger partial charge in [-0.1, -0.05) is 115 Å². The summed E-state index contributed by atoms with van der Waals surface area (Å²) in [5.41, 5.74) is 16.1. The third-order valence-corrected chi connectivity index (χ3v) is 10.7. The molecule has 0 amide bonds. The van der Waals surface area contributed by atoms with Gasteiger partial charge in [0.05, 0.1) is 27.8 Å². The van der Waals surface area contributed by atoms with Crippen LogP contribution in [0, 0.1) is 0 Å². The van der Waals surface area contributed by atoms with Crippen LogP contribution in [0.25, 0.3) is 55.0 Å². The zero-order chi connectivity index (χ0) is 29.9. The van der Waals surface area contributed by atoms with E-state index in [9.17, 15) is 0 Å². The number of hydrogen-bond acceptors (Lipinski definition) is 0. The molecular formula is C44H28N2. The molecule has 2 heterocycles. The highest BCUT2D eigenvalue weighted by Crippen LogP contribution is 2.58. The SMILES string of the molecule is c1ccc(-n2c3ccccc3c3c(-n4c5ccccc5c5c6c(ccc54)C4c5ccccc5C6c5ccccc54)cccc32)cc1. The van der Waals surface area contributed by atoms with Gasteiger partial charge in [-0.25, -0.2) is 0 Å². The monoisotopic (exact) mass is 584 g/mol. The summed E-state index contributed by atoms with van der Waals surface area (Å²) in [7, 11) is 0. The molecule has 214 valence electrons. The summed E-state index contributed by atoms with van der Waals surface area (Å²) in [6, 6.07) is 58.5. The van der Waals surface area contributed by atoms with Crippen molar-refractivity contribution in [2.24, 2.45) is 0 Å². The summed E-state index contributed by atoms with van der Waals surface area (Å²) in [5.74, 6) is 0.470. The smallest absolute Gasteiger partial charge is 0.0562 e. The van der Waals surface area contributed by atoms with Crippen LogP contribution in [-0.4, -0.2) is 9.13 Å². The predicted octanol–water partition coefficient (Wildman–Crippen LogP) is 10.9. The molecule has 3 aliphatic rings. The van der Waals surface area contributed by atoms with Crippen molar-refractivity contribution in [3.05, 3.63) is 191 Å². The first-order valence-corrected chi connectivity index (χ1v) is 16.2. The lowest BCUT2D eigenvalue weighted by atomic mass is 9.60. The molecule has 0 fully saturated rings. The fourth-order valence-corrected chi connectivity index (χ4v) is 9.02. The van der Waals surface area contributed by atoms with Gasteiger partial charge in [0.15, 0.2) is 0 Å². The minimum Gasteiger partial charge on any atom is -0.309 e. The fraction of sp³-hybridized carbons (Fsp3) is 0.0455. The Hall–Kier alpha value is -5.86. The van der Waals surface area contributed by atoms with Crippen LogP contribution in [0.15, 0.2) is 158 Å². The minimum atomic E-state index is 0.214. The zero-order valence-corrected chi connectivity index (χ0v) is 25.1. The topological polar surface area (TPSA) is 9.86 Å². The van der Waals surface area contributed by atoms with Gasteiger partial charge in [0, 0.05) is 39.1 Å². The summed E-state index contributed by atoms with van der Waals surface area (Å²) in [4.78, 5) is 0. The number of nitrogens with zero attached hydrogens (tertiary/aromatic N) is 2. The molecule has 0 radical (unpaired) electrons. The summed E-state index contributed by atoms with van der Waals surface area (Å²) >= 11 is 0. The second-order valence-corrected chi connectivity index (χ2v) is 12.8. The Balaban J connectivity index is 1.28. The maximum absolute atomic E-state index is 2.54. The fourth-order valence-electron chi connectivity index (χ4n) is 9.02. The lowest BCUT2D eigenvalue weighted by Gasteiger charge is -2.42. The number of rotatable bonds is 2. The van der Waals surface area contributed by atoms with Gasteiger partial charge >= 0.3 is 0 Å². The number of para-hydroxylation sites is 3. The highest BCUT2D eigenvalue weighted by atomic mass is 15.0. The van der Waals surface area contributed by atoms with Gasteiger partial charge in [-0.2, -0.15) is 0 Å².